The Morgan fingerprint density at radius 1 is 1.29 bits per heavy atom. The second-order valence-corrected chi connectivity index (χ2v) is 5.68. The van der Waals surface area contributed by atoms with Crippen LogP contribution in [0, 0.1) is 5.92 Å². The van der Waals surface area contributed by atoms with Crippen molar-refractivity contribution in [3.05, 3.63) is 0 Å². The van der Waals surface area contributed by atoms with Crippen LogP contribution in [0.25, 0.3) is 0 Å². The van der Waals surface area contributed by atoms with Gasteiger partial charge in [-0.1, -0.05) is 20.3 Å². The van der Waals surface area contributed by atoms with Gasteiger partial charge in [-0.25, -0.2) is 0 Å². The Bertz CT molecular complexity index is 193. The highest BCUT2D eigenvalue weighted by molar-refractivity contribution is 4.78. The van der Waals surface area contributed by atoms with Gasteiger partial charge in [0.15, 0.2) is 0 Å². The summed E-state index contributed by atoms with van der Waals surface area (Å²) in [6, 6.07) is 1.71. The minimum atomic E-state index is 0.530. The van der Waals surface area contributed by atoms with Gasteiger partial charge < -0.3 is 15.4 Å². The van der Waals surface area contributed by atoms with Crippen molar-refractivity contribution >= 4 is 0 Å². The van der Waals surface area contributed by atoms with Gasteiger partial charge in [-0.3, -0.25) is 0 Å². The molecule has 1 aliphatic rings. The highest BCUT2D eigenvalue weighted by Gasteiger charge is 2.17. The predicted octanol–water partition coefficient (Wildman–Crippen LogP) is 2.17. The van der Waals surface area contributed by atoms with E-state index in [-0.39, 0.29) is 0 Å². The van der Waals surface area contributed by atoms with Crippen LogP contribution in [0.3, 0.4) is 0 Å². The van der Waals surface area contributed by atoms with Crippen molar-refractivity contribution in [3.8, 4) is 0 Å². The minimum Gasteiger partial charge on any atom is -0.379 e. The monoisotopic (exact) mass is 242 g/mol. The summed E-state index contributed by atoms with van der Waals surface area (Å²) in [6.45, 7) is 11.9. The molecule has 1 aliphatic heterocycles. The molecule has 102 valence electrons. The van der Waals surface area contributed by atoms with E-state index in [4.69, 9.17) is 4.74 Å². The molecule has 3 heteroatoms. The standard InChI is InChI=1S/C14H30N2O/c1-5-11(2)8-12(3)16-13(4)9-14-10-17-7-6-15-14/h11-16H,5-10H2,1-4H3. The molecule has 2 N–H and O–H groups in total. The highest BCUT2D eigenvalue weighted by Crippen LogP contribution is 2.11. The molecular weight excluding hydrogens is 212 g/mol. The number of nitrogens with one attached hydrogen (secondary N) is 2. The van der Waals surface area contributed by atoms with Crippen LogP contribution in [0.15, 0.2) is 0 Å². The molecule has 0 aromatic heterocycles. The maximum absolute atomic E-state index is 5.48. The third-order valence-corrected chi connectivity index (χ3v) is 3.66. The fourth-order valence-corrected chi connectivity index (χ4v) is 2.59. The molecule has 0 aromatic rings. The summed E-state index contributed by atoms with van der Waals surface area (Å²) in [6.07, 6.45) is 3.71. The predicted molar refractivity (Wildman–Crippen MR) is 73.4 cm³/mol. The molecule has 0 saturated carbocycles. The van der Waals surface area contributed by atoms with Gasteiger partial charge in [0.2, 0.25) is 0 Å². The summed E-state index contributed by atoms with van der Waals surface area (Å²) >= 11 is 0. The topological polar surface area (TPSA) is 33.3 Å². The molecule has 1 fully saturated rings. The maximum atomic E-state index is 5.48. The summed E-state index contributed by atoms with van der Waals surface area (Å²) in [7, 11) is 0. The Balaban J connectivity index is 2.16. The third-order valence-electron chi connectivity index (χ3n) is 3.66. The van der Waals surface area contributed by atoms with Gasteiger partial charge in [-0.05, 0) is 32.6 Å². The zero-order valence-corrected chi connectivity index (χ0v) is 12.0. The second kappa shape index (κ2) is 8.06. The smallest absolute Gasteiger partial charge is 0.0620 e. The van der Waals surface area contributed by atoms with Crippen molar-refractivity contribution in [1.29, 1.82) is 0 Å². The average Bonchev–Trinajstić information content (AvgIpc) is 2.29. The van der Waals surface area contributed by atoms with E-state index in [0.29, 0.717) is 18.1 Å². The van der Waals surface area contributed by atoms with Crippen LogP contribution in [0.2, 0.25) is 0 Å². The first-order chi connectivity index (χ1) is 8.11. The Morgan fingerprint density at radius 3 is 2.65 bits per heavy atom. The fraction of sp³-hybridized carbons (Fsp3) is 1.00. The lowest BCUT2D eigenvalue weighted by Crippen LogP contribution is -2.46. The van der Waals surface area contributed by atoms with Crippen LogP contribution < -0.4 is 10.6 Å². The van der Waals surface area contributed by atoms with E-state index in [1.165, 1.54) is 12.8 Å². The van der Waals surface area contributed by atoms with Crippen molar-refractivity contribution in [2.45, 2.75) is 65.1 Å². The lowest BCUT2D eigenvalue weighted by molar-refractivity contribution is 0.0707. The van der Waals surface area contributed by atoms with Gasteiger partial charge in [-0.15, -0.1) is 0 Å². The van der Waals surface area contributed by atoms with E-state index in [1.807, 2.05) is 0 Å². The van der Waals surface area contributed by atoms with E-state index in [9.17, 15) is 0 Å². The molecule has 0 aromatic carbocycles. The third kappa shape index (κ3) is 6.39. The summed E-state index contributed by atoms with van der Waals surface area (Å²) in [5.41, 5.74) is 0. The summed E-state index contributed by atoms with van der Waals surface area (Å²) in [5, 5.41) is 7.21. The largest absolute Gasteiger partial charge is 0.379 e. The van der Waals surface area contributed by atoms with Crippen LogP contribution in [0.5, 0.6) is 0 Å². The van der Waals surface area contributed by atoms with Crippen molar-refractivity contribution < 1.29 is 4.74 Å². The number of morpholine rings is 1. The van der Waals surface area contributed by atoms with Crippen LogP contribution in [-0.2, 0) is 4.74 Å². The first-order valence-electron chi connectivity index (χ1n) is 7.19. The number of hydrogen-bond acceptors (Lipinski definition) is 3. The molecule has 0 spiro atoms. The van der Waals surface area contributed by atoms with E-state index in [1.54, 1.807) is 0 Å². The molecule has 17 heavy (non-hydrogen) atoms. The van der Waals surface area contributed by atoms with Crippen LogP contribution in [-0.4, -0.2) is 37.9 Å². The molecule has 4 atom stereocenters. The molecule has 4 unspecified atom stereocenters. The Kier molecular flexibility index (Phi) is 7.09. The Morgan fingerprint density at radius 2 is 2.06 bits per heavy atom. The average molecular weight is 242 g/mol. The van der Waals surface area contributed by atoms with Crippen LogP contribution in [0.1, 0.15) is 47.0 Å². The maximum Gasteiger partial charge on any atom is 0.0620 e. The molecule has 0 aliphatic carbocycles. The SMILES string of the molecule is CCC(C)CC(C)NC(C)CC1COCCN1. The first kappa shape index (κ1) is 14.9. The van der Waals surface area contributed by atoms with Gasteiger partial charge in [0.1, 0.15) is 0 Å². The molecule has 0 radical (unpaired) electrons. The zero-order chi connectivity index (χ0) is 12.7. The minimum absolute atomic E-state index is 0.530. The van der Waals surface area contributed by atoms with Crippen molar-refractivity contribution in [3.63, 3.8) is 0 Å². The fourth-order valence-electron chi connectivity index (χ4n) is 2.59. The van der Waals surface area contributed by atoms with Crippen molar-refractivity contribution in [1.82, 2.24) is 10.6 Å². The molecule has 1 saturated heterocycles. The van der Waals surface area contributed by atoms with Gasteiger partial charge in [-0.2, -0.15) is 0 Å². The summed E-state index contributed by atoms with van der Waals surface area (Å²) in [5.74, 6) is 0.820. The molecule has 3 nitrogen and oxygen atoms in total. The molecule has 1 heterocycles. The lowest BCUT2D eigenvalue weighted by Gasteiger charge is -2.29. The van der Waals surface area contributed by atoms with Gasteiger partial charge in [0.25, 0.3) is 0 Å². The van der Waals surface area contributed by atoms with E-state index < -0.39 is 0 Å². The number of ether oxygens (including phenoxy) is 1. The second-order valence-electron chi connectivity index (χ2n) is 5.68. The van der Waals surface area contributed by atoms with Gasteiger partial charge in [0, 0.05) is 24.7 Å². The van der Waals surface area contributed by atoms with Crippen LogP contribution >= 0.6 is 0 Å². The normalized spacial score (nSPS) is 26.5. The molecule has 1 rings (SSSR count). The highest BCUT2D eigenvalue weighted by atomic mass is 16.5. The van der Waals surface area contributed by atoms with E-state index >= 15 is 0 Å². The number of hydrogen-bond donors (Lipinski definition) is 2. The van der Waals surface area contributed by atoms with Gasteiger partial charge >= 0.3 is 0 Å². The zero-order valence-electron chi connectivity index (χ0n) is 12.0. The van der Waals surface area contributed by atoms with Crippen LogP contribution in [0.4, 0.5) is 0 Å². The lowest BCUT2D eigenvalue weighted by atomic mass is 9.99. The molecular formula is C14H30N2O. The summed E-state index contributed by atoms with van der Waals surface area (Å²) < 4.78 is 5.48. The number of rotatable bonds is 7. The summed E-state index contributed by atoms with van der Waals surface area (Å²) in [4.78, 5) is 0. The molecule has 0 amide bonds. The van der Waals surface area contributed by atoms with Crippen molar-refractivity contribution in [2.24, 2.45) is 5.92 Å². The van der Waals surface area contributed by atoms with Gasteiger partial charge in [0.05, 0.1) is 13.2 Å². The quantitative estimate of drug-likeness (QED) is 0.718. The van der Waals surface area contributed by atoms with E-state index in [2.05, 4.69) is 38.3 Å². The Hall–Kier alpha value is -0.120. The first-order valence-corrected chi connectivity index (χ1v) is 7.19. The van der Waals surface area contributed by atoms with E-state index in [0.717, 1.165) is 32.1 Å². The van der Waals surface area contributed by atoms with Crippen molar-refractivity contribution in [2.75, 3.05) is 19.8 Å². The Labute approximate surface area is 107 Å². The molecule has 0 bridgehead atoms.